The van der Waals surface area contributed by atoms with E-state index in [1.54, 1.807) is 54.9 Å². The number of methoxy groups -OCH3 is 3. The van der Waals surface area contributed by atoms with E-state index in [-0.39, 0.29) is 18.2 Å². The van der Waals surface area contributed by atoms with Crippen LogP contribution in [0.15, 0.2) is 30.5 Å². The molecular weight excluding hydrogens is 414 g/mol. The maximum Gasteiger partial charge on any atom is 0.226 e. The molecule has 0 saturated heterocycles. The van der Waals surface area contributed by atoms with Crippen LogP contribution in [0.5, 0.6) is 17.2 Å². The Balaban J connectivity index is 1.64. The van der Waals surface area contributed by atoms with E-state index >= 15 is 0 Å². The van der Waals surface area contributed by atoms with Gasteiger partial charge in [-0.1, -0.05) is 0 Å². The number of ether oxygens (including phenoxy) is 3. The summed E-state index contributed by atoms with van der Waals surface area (Å²) in [6, 6.07) is 7.18. The Morgan fingerprint density at radius 1 is 1.00 bits per heavy atom. The molecule has 4 heterocycles. The number of fused-ring (bicyclic) bond motifs is 2. The van der Waals surface area contributed by atoms with Crippen LogP contribution in [0.1, 0.15) is 29.3 Å². The Bertz CT molecular complexity index is 1340. The number of nitrogens with zero attached hydrogens (tertiary/aromatic N) is 6. The van der Waals surface area contributed by atoms with Crippen molar-refractivity contribution in [2.75, 3.05) is 26.6 Å². The summed E-state index contributed by atoms with van der Waals surface area (Å²) in [6.45, 7) is 1.82. The fourth-order valence-electron chi connectivity index (χ4n) is 4.00. The number of benzene rings is 1. The first kappa shape index (κ1) is 19.8. The minimum Gasteiger partial charge on any atom is -0.496 e. The Morgan fingerprint density at radius 2 is 1.75 bits per heavy atom. The van der Waals surface area contributed by atoms with Crippen LogP contribution in [0.4, 0.5) is 5.82 Å². The maximum atomic E-state index is 12.7. The third kappa shape index (κ3) is 3.01. The van der Waals surface area contributed by atoms with Crippen molar-refractivity contribution in [2.45, 2.75) is 19.3 Å². The van der Waals surface area contributed by atoms with E-state index in [9.17, 15) is 4.79 Å². The van der Waals surface area contributed by atoms with Crippen LogP contribution < -0.4 is 19.5 Å². The number of aromatic nitrogens is 6. The lowest BCUT2D eigenvalue weighted by Crippen LogP contribution is -2.25. The zero-order chi connectivity index (χ0) is 22.4. The van der Waals surface area contributed by atoms with Gasteiger partial charge < -0.3 is 19.5 Å². The van der Waals surface area contributed by atoms with Gasteiger partial charge in [-0.05, 0) is 25.1 Å². The summed E-state index contributed by atoms with van der Waals surface area (Å²) in [4.78, 5) is 12.7. The maximum absolute atomic E-state index is 12.7. The van der Waals surface area contributed by atoms with Gasteiger partial charge >= 0.3 is 0 Å². The molecule has 0 fully saturated rings. The third-order valence-corrected chi connectivity index (χ3v) is 5.55. The lowest BCUT2D eigenvalue weighted by Gasteiger charge is -2.25. The molecule has 0 radical (unpaired) electrons. The SMILES string of the molecule is COc1cc(OC)c([C@@H]2CC(=O)Nc3c2cnn3-c2ccc3nnc(C)n3n2)cc1OC. The number of carbonyl (C=O) groups is 1. The number of anilines is 1. The van der Waals surface area contributed by atoms with E-state index in [1.807, 2.05) is 13.0 Å². The number of nitrogens with one attached hydrogen (secondary N) is 1. The van der Waals surface area contributed by atoms with Crippen LogP contribution in [-0.2, 0) is 4.79 Å². The lowest BCUT2D eigenvalue weighted by atomic mass is 9.86. The van der Waals surface area contributed by atoms with Crippen molar-refractivity contribution in [3.8, 4) is 23.1 Å². The summed E-state index contributed by atoms with van der Waals surface area (Å²) in [5.74, 6) is 3.01. The molecule has 164 valence electrons. The van der Waals surface area contributed by atoms with Gasteiger partial charge in [-0.15, -0.1) is 15.3 Å². The van der Waals surface area contributed by atoms with Crippen molar-refractivity contribution in [2.24, 2.45) is 0 Å². The summed E-state index contributed by atoms with van der Waals surface area (Å²) in [5, 5.41) is 20.1. The van der Waals surface area contributed by atoms with Crippen LogP contribution in [0.25, 0.3) is 11.5 Å². The Kier molecular flexibility index (Phi) is 4.65. The number of hydrogen-bond donors (Lipinski definition) is 1. The summed E-state index contributed by atoms with van der Waals surface area (Å²) in [7, 11) is 4.72. The second-order valence-corrected chi connectivity index (χ2v) is 7.32. The summed E-state index contributed by atoms with van der Waals surface area (Å²) < 4.78 is 19.7. The minimum atomic E-state index is -0.289. The fraction of sp³-hybridized carbons (Fsp3) is 0.286. The van der Waals surface area contributed by atoms with E-state index in [4.69, 9.17) is 14.2 Å². The Labute approximate surface area is 182 Å². The first-order valence-corrected chi connectivity index (χ1v) is 9.91. The molecule has 11 nitrogen and oxygen atoms in total. The second-order valence-electron chi connectivity index (χ2n) is 7.32. The molecule has 5 rings (SSSR count). The van der Waals surface area contributed by atoms with Gasteiger partial charge in [0.2, 0.25) is 5.91 Å². The van der Waals surface area contributed by atoms with E-state index < -0.39 is 0 Å². The highest BCUT2D eigenvalue weighted by molar-refractivity contribution is 5.94. The molecule has 11 heteroatoms. The number of hydrogen-bond acceptors (Lipinski definition) is 8. The van der Waals surface area contributed by atoms with Crippen LogP contribution >= 0.6 is 0 Å². The first-order valence-electron chi connectivity index (χ1n) is 9.91. The highest BCUT2D eigenvalue weighted by Gasteiger charge is 2.33. The van der Waals surface area contributed by atoms with Crippen molar-refractivity contribution >= 4 is 17.4 Å². The van der Waals surface area contributed by atoms with Crippen LogP contribution in [0.2, 0.25) is 0 Å². The largest absolute Gasteiger partial charge is 0.496 e. The summed E-state index contributed by atoms with van der Waals surface area (Å²) in [5.41, 5.74) is 2.28. The monoisotopic (exact) mass is 435 g/mol. The standard InChI is InChI=1S/C21H21N7O4/c1-11-24-25-18-5-6-19(26-27(11)18)28-21-14(10-22-28)12(8-20(29)23-21)13-7-16(31-3)17(32-4)9-15(13)30-2/h5-7,9-10,12H,8H2,1-4H3,(H,23,29)/t12-/m0/s1. The lowest BCUT2D eigenvalue weighted by molar-refractivity contribution is -0.116. The highest BCUT2D eigenvalue weighted by Crippen LogP contribution is 2.45. The third-order valence-electron chi connectivity index (χ3n) is 5.55. The Hall–Kier alpha value is -4.15. The van der Waals surface area contributed by atoms with Gasteiger partial charge in [0.15, 0.2) is 28.8 Å². The molecule has 3 aromatic heterocycles. The molecule has 1 aliphatic rings. The molecule has 1 aliphatic heterocycles. The molecular formula is C21H21N7O4. The number of aryl methyl sites for hydroxylation is 1. The average Bonchev–Trinajstić information content (AvgIpc) is 3.40. The van der Waals surface area contributed by atoms with Crippen molar-refractivity contribution in [1.82, 2.24) is 29.6 Å². The smallest absolute Gasteiger partial charge is 0.226 e. The highest BCUT2D eigenvalue weighted by atomic mass is 16.5. The molecule has 0 bridgehead atoms. The Morgan fingerprint density at radius 3 is 2.50 bits per heavy atom. The van der Waals surface area contributed by atoms with Gasteiger partial charge in [0.1, 0.15) is 11.6 Å². The van der Waals surface area contributed by atoms with Gasteiger partial charge in [-0.3, -0.25) is 4.79 Å². The van der Waals surface area contributed by atoms with Crippen molar-refractivity contribution < 1.29 is 19.0 Å². The predicted molar refractivity (Wildman–Crippen MR) is 114 cm³/mol. The second kappa shape index (κ2) is 7.52. The minimum absolute atomic E-state index is 0.136. The van der Waals surface area contributed by atoms with E-state index in [0.29, 0.717) is 40.4 Å². The molecule has 0 saturated carbocycles. The molecule has 1 atom stereocenters. The summed E-state index contributed by atoms with van der Waals surface area (Å²) in [6.07, 6.45) is 1.97. The molecule has 4 aromatic rings. The van der Waals surface area contributed by atoms with Gasteiger partial charge in [0, 0.05) is 29.5 Å². The van der Waals surface area contributed by atoms with E-state index in [2.05, 4.69) is 25.7 Å². The topological polar surface area (TPSA) is 118 Å². The molecule has 0 spiro atoms. The molecule has 0 aliphatic carbocycles. The van der Waals surface area contributed by atoms with Gasteiger partial charge in [0.05, 0.1) is 27.5 Å². The van der Waals surface area contributed by atoms with Crippen LogP contribution in [0, 0.1) is 6.92 Å². The quantitative estimate of drug-likeness (QED) is 0.507. The van der Waals surface area contributed by atoms with Crippen molar-refractivity contribution in [1.29, 1.82) is 0 Å². The first-order chi connectivity index (χ1) is 15.5. The van der Waals surface area contributed by atoms with Crippen LogP contribution in [-0.4, -0.2) is 56.8 Å². The van der Waals surface area contributed by atoms with Gasteiger partial charge in [-0.2, -0.15) is 14.3 Å². The zero-order valence-electron chi connectivity index (χ0n) is 18.0. The summed E-state index contributed by atoms with van der Waals surface area (Å²) >= 11 is 0. The van der Waals surface area contributed by atoms with Crippen LogP contribution in [0.3, 0.4) is 0 Å². The number of carbonyl (C=O) groups excluding carboxylic acids is 1. The van der Waals surface area contributed by atoms with Crippen molar-refractivity contribution in [3.63, 3.8) is 0 Å². The molecule has 1 N–H and O–H groups in total. The van der Waals surface area contributed by atoms with Gasteiger partial charge in [-0.25, -0.2) is 0 Å². The normalized spacial score (nSPS) is 15.4. The van der Waals surface area contributed by atoms with Crippen molar-refractivity contribution in [3.05, 3.63) is 47.4 Å². The molecule has 1 amide bonds. The van der Waals surface area contributed by atoms with E-state index in [0.717, 1.165) is 11.1 Å². The predicted octanol–water partition coefficient (Wildman–Crippen LogP) is 2.12. The molecule has 1 aromatic carbocycles. The molecule has 32 heavy (non-hydrogen) atoms. The molecule has 0 unspecified atom stereocenters. The van der Waals surface area contributed by atoms with Gasteiger partial charge in [0.25, 0.3) is 0 Å². The number of rotatable bonds is 5. The number of amides is 1. The fourth-order valence-corrected chi connectivity index (χ4v) is 4.00. The van der Waals surface area contributed by atoms with E-state index in [1.165, 1.54) is 0 Å². The zero-order valence-corrected chi connectivity index (χ0v) is 18.0. The average molecular weight is 435 g/mol.